The average Bonchev–Trinajstić information content (AvgIpc) is 2.94. The number of fused-ring (bicyclic) bond motifs is 1. The Morgan fingerprint density at radius 1 is 0.783 bits per heavy atom. The van der Waals surface area contributed by atoms with E-state index in [1.165, 1.54) is 12.1 Å². The number of carbonyl (C=O) groups is 4. The van der Waals surface area contributed by atoms with Gasteiger partial charge >= 0.3 is 23.9 Å². The highest BCUT2D eigenvalue weighted by Gasteiger charge is 2.51. The van der Waals surface area contributed by atoms with Crippen LogP contribution in [0.3, 0.4) is 0 Å². The van der Waals surface area contributed by atoms with Crippen molar-refractivity contribution in [3.8, 4) is 34.3 Å². The molecule has 1 saturated heterocycles. The lowest BCUT2D eigenvalue weighted by molar-refractivity contribution is -0.271. The SMILES string of the molecule is CC(=O)OC[C@H]1OC(OC(C)=O)[C@H](NCc2c(O)cc(O)c3c(=O)cc(-c4ccc(O)c(O)c4)oc23)[C@@H](OC(C)=O)[C@@H]1OC(C)=O. The Labute approximate surface area is 260 Å². The van der Waals surface area contributed by atoms with E-state index in [2.05, 4.69) is 5.32 Å². The Hall–Kier alpha value is -5.35. The van der Waals surface area contributed by atoms with Crippen LogP contribution in [0.25, 0.3) is 22.3 Å². The molecule has 1 aliphatic heterocycles. The van der Waals surface area contributed by atoms with Crippen molar-refractivity contribution in [2.45, 2.75) is 64.9 Å². The van der Waals surface area contributed by atoms with Gasteiger partial charge in [-0.15, -0.1) is 0 Å². The van der Waals surface area contributed by atoms with Gasteiger partial charge in [0.2, 0.25) is 6.29 Å². The van der Waals surface area contributed by atoms with E-state index in [-0.39, 0.29) is 27.9 Å². The van der Waals surface area contributed by atoms with E-state index in [1.54, 1.807) is 0 Å². The molecule has 0 radical (unpaired) electrons. The standard InChI is InChI=1S/C30H31NO15/c1-12(32)41-11-24-28(42-13(2)33)29(43-14(3)34)26(30(46-24)44-15(4)35)31-10-17-19(37)8-21(39)25-22(40)9-23(45-27(17)25)16-5-6-18(36)20(38)7-16/h5-9,24,26,28-31,36-39H,10-11H2,1-4H3/t24-,26-,28-,29-,30?/m1/s1. The van der Waals surface area contributed by atoms with Crippen LogP contribution in [0.1, 0.15) is 33.3 Å². The van der Waals surface area contributed by atoms with E-state index in [9.17, 15) is 44.4 Å². The number of benzene rings is 2. The normalized spacial score (nSPS) is 20.9. The van der Waals surface area contributed by atoms with Gasteiger partial charge in [-0.2, -0.15) is 0 Å². The molecule has 1 aromatic heterocycles. The zero-order valence-corrected chi connectivity index (χ0v) is 25.0. The number of rotatable bonds is 9. The van der Waals surface area contributed by atoms with E-state index in [0.29, 0.717) is 0 Å². The lowest BCUT2D eigenvalue weighted by Crippen LogP contribution is -2.66. The van der Waals surface area contributed by atoms with Crippen LogP contribution in [0.4, 0.5) is 0 Å². The molecule has 2 heterocycles. The summed E-state index contributed by atoms with van der Waals surface area (Å²) >= 11 is 0. The minimum absolute atomic E-state index is 0.0935. The van der Waals surface area contributed by atoms with Crippen molar-refractivity contribution in [1.29, 1.82) is 0 Å². The maximum absolute atomic E-state index is 13.1. The van der Waals surface area contributed by atoms with Crippen LogP contribution in [0.2, 0.25) is 0 Å². The van der Waals surface area contributed by atoms with Crippen LogP contribution in [0.5, 0.6) is 23.0 Å². The number of phenolic OH excluding ortho intramolecular Hbond substituents is 4. The molecule has 1 fully saturated rings. The number of phenols is 4. The van der Waals surface area contributed by atoms with Gasteiger partial charge in [-0.1, -0.05) is 0 Å². The molecule has 0 saturated carbocycles. The van der Waals surface area contributed by atoms with E-state index >= 15 is 0 Å². The Bertz CT molecular complexity index is 1730. The van der Waals surface area contributed by atoms with Crippen LogP contribution < -0.4 is 10.7 Å². The molecule has 1 unspecified atom stereocenters. The molecule has 1 aliphatic rings. The second-order valence-electron chi connectivity index (χ2n) is 10.3. The second-order valence-corrected chi connectivity index (χ2v) is 10.3. The van der Waals surface area contributed by atoms with Crippen molar-refractivity contribution < 1.29 is 67.7 Å². The molecule has 0 spiro atoms. The second kappa shape index (κ2) is 13.7. The topological polar surface area (TPSA) is 238 Å². The minimum Gasteiger partial charge on any atom is -0.507 e. The first-order chi connectivity index (χ1) is 21.7. The van der Waals surface area contributed by atoms with Gasteiger partial charge in [0.05, 0.1) is 5.56 Å². The summed E-state index contributed by atoms with van der Waals surface area (Å²) in [5, 5.41) is 43.6. The van der Waals surface area contributed by atoms with Crippen LogP contribution in [-0.2, 0) is 49.4 Å². The molecule has 5 N–H and O–H groups in total. The van der Waals surface area contributed by atoms with Gasteiger partial charge in [0.15, 0.2) is 34.7 Å². The maximum Gasteiger partial charge on any atom is 0.304 e. The highest BCUT2D eigenvalue weighted by molar-refractivity contribution is 5.89. The van der Waals surface area contributed by atoms with Crippen molar-refractivity contribution in [3.63, 3.8) is 0 Å². The van der Waals surface area contributed by atoms with E-state index < -0.39 is 96.1 Å². The van der Waals surface area contributed by atoms with Crippen molar-refractivity contribution in [1.82, 2.24) is 5.32 Å². The van der Waals surface area contributed by atoms with Crippen molar-refractivity contribution in [2.24, 2.45) is 0 Å². The van der Waals surface area contributed by atoms with E-state index in [4.69, 9.17) is 28.1 Å². The molecule has 16 heteroatoms. The molecular weight excluding hydrogens is 614 g/mol. The summed E-state index contributed by atoms with van der Waals surface area (Å²) in [4.78, 5) is 60.9. The summed E-state index contributed by atoms with van der Waals surface area (Å²) in [6, 6.07) is 4.29. The quantitative estimate of drug-likeness (QED) is 0.126. The van der Waals surface area contributed by atoms with E-state index in [1.807, 2.05) is 0 Å². The number of hydrogen-bond donors (Lipinski definition) is 5. The van der Waals surface area contributed by atoms with Crippen LogP contribution in [0, 0.1) is 0 Å². The molecule has 4 rings (SSSR count). The predicted octanol–water partition coefficient (Wildman–Crippen LogP) is 1.46. The molecule has 0 bridgehead atoms. The monoisotopic (exact) mass is 645 g/mol. The summed E-state index contributed by atoms with van der Waals surface area (Å²) in [7, 11) is 0. The smallest absolute Gasteiger partial charge is 0.304 e. The largest absolute Gasteiger partial charge is 0.507 e. The fourth-order valence-corrected chi connectivity index (χ4v) is 4.95. The van der Waals surface area contributed by atoms with E-state index in [0.717, 1.165) is 45.9 Å². The van der Waals surface area contributed by atoms with Gasteiger partial charge in [0, 0.05) is 51.9 Å². The Morgan fingerprint density at radius 3 is 2.04 bits per heavy atom. The number of ether oxygens (including phenoxy) is 5. The summed E-state index contributed by atoms with van der Waals surface area (Å²) in [5.41, 5.74) is -0.926. The molecule has 16 nitrogen and oxygen atoms in total. The van der Waals surface area contributed by atoms with Gasteiger partial charge in [0.1, 0.15) is 41.4 Å². The summed E-state index contributed by atoms with van der Waals surface area (Å²) in [6.07, 6.45) is -5.61. The first kappa shape index (κ1) is 33.5. The molecule has 0 aliphatic carbocycles. The third-order valence-corrected chi connectivity index (χ3v) is 6.82. The fourth-order valence-electron chi connectivity index (χ4n) is 4.95. The van der Waals surface area contributed by atoms with Gasteiger partial charge < -0.3 is 53.8 Å². The molecule has 46 heavy (non-hydrogen) atoms. The van der Waals surface area contributed by atoms with Crippen LogP contribution in [-0.4, -0.2) is 81.6 Å². The zero-order chi connectivity index (χ0) is 33.9. The van der Waals surface area contributed by atoms with Crippen LogP contribution in [0.15, 0.2) is 39.5 Å². The molecular formula is C30H31NO15. The highest BCUT2D eigenvalue weighted by Crippen LogP contribution is 2.37. The molecule has 0 amide bonds. The first-order valence-electron chi connectivity index (χ1n) is 13.7. The number of carbonyl (C=O) groups excluding carboxylic acids is 4. The lowest BCUT2D eigenvalue weighted by atomic mass is 9.95. The fraction of sp³-hybridized carbons (Fsp3) is 0.367. The Balaban J connectivity index is 1.80. The third kappa shape index (κ3) is 7.47. The van der Waals surface area contributed by atoms with Gasteiger partial charge in [-0.3, -0.25) is 24.0 Å². The van der Waals surface area contributed by atoms with Crippen molar-refractivity contribution in [2.75, 3.05) is 6.61 Å². The van der Waals surface area contributed by atoms with Crippen molar-refractivity contribution in [3.05, 3.63) is 46.1 Å². The molecule has 5 atom stereocenters. The summed E-state index contributed by atoms with van der Waals surface area (Å²) in [6.45, 7) is 3.49. The number of nitrogens with one attached hydrogen (secondary N) is 1. The highest BCUT2D eigenvalue weighted by atomic mass is 16.7. The van der Waals surface area contributed by atoms with Gasteiger partial charge in [-0.05, 0) is 18.2 Å². The Morgan fingerprint density at radius 2 is 1.43 bits per heavy atom. The third-order valence-electron chi connectivity index (χ3n) is 6.82. The average molecular weight is 646 g/mol. The van der Waals surface area contributed by atoms with Gasteiger partial charge in [0.25, 0.3) is 0 Å². The summed E-state index contributed by atoms with van der Waals surface area (Å²) in [5.74, 6) is -5.31. The zero-order valence-electron chi connectivity index (χ0n) is 25.0. The Kier molecular flexibility index (Phi) is 10.0. The first-order valence-corrected chi connectivity index (χ1v) is 13.7. The van der Waals surface area contributed by atoms with Gasteiger partial charge in [-0.25, -0.2) is 0 Å². The predicted molar refractivity (Wildman–Crippen MR) is 153 cm³/mol. The van der Waals surface area contributed by atoms with Crippen molar-refractivity contribution >= 4 is 34.8 Å². The summed E-state index contributed by atoms with van der Waals surface area (Å²) < 4.78 is 33.0. The minimum atomic E-state index is -1.54. The molecule has 3 aromatic rings. The molecule has 2 aromatic carbocycles. The number of aromatic hydroxyl groups is 4. The van der Waals surface area contributed by atoms with Crippen LogP contribution >= 0.6 is 0 Å². The number of esters is 4. The lowest BCUT2D eigenvalue weighted by Gasteiger charge is -2.44. The molecule has 246 valence electrons. The number of hydrogen-bond acceptors (Lipinski definition) is 16. The maximum atomic E-state index is 13.1.